The van der Waals surface area contributed by atoms with Crippen molar-refractivity contribution in [3.8, 4) is 0 Å². The fourth-order valence-corrected chi connectivity index (χ4v) is 2.67. The molecule has 0 atom stereocenters. The molecule has 0 aliphatic carbocycles. The van der Waals surface area contributed by atoms with Crippen LogP contribution in [-0.4, -0.2) is 13.1 Å². The van der Waals surface area contributed by atoms with Crippen molar-refractivity contribution in [1.29, 1.82) is 0 Å². The van der Waals surface area contributed by atoms with Crippen LogP contribution in [0.1, 0.15) is 58.1 Å². The van der Waals surface area contributed by atoms with Crippen molar-refractivity contribution in [3.05, 3.63) is 35.4 Å². The van der Waals surface area contributed by atoms with Crippen molar-refractivity contribution in [1.82, 2.24) is 5.32 Å². The van der Waals surface area contributed by atoms with E-state index in [0.29, 0.717) is 5.41 Å². The lowest BCUT2D eigenvalue weighted by atomic mass is 9.76. The molecule has 0 unspecified atom stereocenters. The van der Waals surface area contributed by atoms with E-state index in [9.17, 15) is 0 Å². The van der Waals surface area contributed by atoms with Crippen molar-refractivity contribution in [2.24, 2.45) is 5.41 Å². The van der Waals surface area contributed by atoms with Crippen molar-refractivity contribution >= 4 is 0 Å². The molecule has 0 fully saturated rings. The van der Waals surface area contributed by atoms with Crippen LogP contribution in [0, 0.1) is 5.41 Å². The van der Waals surface area contributed by atoms with Gasteiger partial charge in [-0.2, -0.15) is 0 Å². The second kappa shape index (κ2) is 8.37. The molecule has 108 valence electrons. The number of rotatable bonds is 9. The zero-order chi connectivity index (χ0) is 14.1. The molecule has 0 saturated carbocycles. The molecule has 1 N–H and O–H groups in total. The Bertz CT molecular complexity index is 335. The van der Waals surface area contributed by atoms with Gasteiger partial charge in [-0.05, 0) is 55.2 Å². The van der Waals surface area contributed by atoms with E-state index < -0.39 is 0 Å². The first-order valence-corrected chi connectivity index (χ1v) is 7.98. The van der Waals surface area contributed by atoms with Crippen LogP contribution in [0.2, 0.25) is 0 Å². The molecule has 0 radical (unpaired) electrons. The minimum Gasteiger partial charge on any atom is -0.316 e. The first-order chi connectivity index (χ1) is 9.19. The normalized spacial score (nSPS) is 11.8. The number of benzene rings is 1. The van der Waals surface area contributed by atoms with Crippen molar-refractivity contribution in [2.45, 2.75) is 59.8 Å². The molecule has 0 spiro atoms. The van der Waals surface area contributed by atoms with E-state index in [1.165, 1.54) is 36.8 Å². The van der Waals surface area contributed by atoms with Crippen molar-refractivity contribution in [3.63, 3.8) is 0 Å². The van der Waals surface area contributed by atoms with Crippen LogP contribution >= 0.6 is 0 Å². The number of nitrogens with one attached hydrogen (secondary N) is 1. The summed E-state index contributed by atoms with van der Waals surface area (Å²) < 4.78 is 0. The Morgan fingerprint density at radius 3 is 1.95 bits per heavy atom. The van der Waals surface area contributed by atoms with Gasteiger partial charge in [-0.1, -0.05) is 52.0 Å². The largest absolute Gasteiger partial charge is 0.316 e. The van der Waals surface area contributed by atoms with Gasteiger partial charge in [0.25, 0.3) is 0 Å². The summed E-state index contributed by atoms with van der Waals surface area (Å²) in [4.78, 5) is 0. The van der Waals surface area contributed by atoms with Gasteiger partial charge in [0.15, 0.2) is 0 Å². The summed E-state index contributed by atoms with van der Waals surface area (Å²) in [5.74, 6) is 0. The van der Waals surface area contributed by atoms with Crippen LogP contribution < -0.4 is 5.32 Å². The van der Waals surface area contributed by atoms with Gasteiger partial charge in [-0.3, -0.25) is 0 Å². The van der Waals surface area contributed by atoms with Crippen molar-refractivity contribution in [2.75, 3.05) is 13.1 Å². The highest BCUT2D eigenvalue weighted by molar-refractivity contribution is 5.23. The molecule has 0 bridgehead atoms. The molecule has 0 aliphatic heterocycles. The summed E-state index contributed by atoms with van der Waals surface area (Å²) in [7, 11) is 0. The highest BCUT2D eigenvalue weighted by Gasteiger charge is 2.25. The Morgan fingerprint density at radius 1 is 0.895 bits per heavy atom. The fourth-order valence-electron chi connectivity index (χ4n) is 2.67. The molecule has 0 aromatic heterocycles. The van der Waals surface area contributed by atoms with E-state index in [1.807, 2.05) is 0 Å². The predicted octanol–water partition coefficient (Wildman–Crippen LogP) is 4.60. The van der Waals surface area contributed by atoms with E-state index in [4.69, 9.17) is 0 Å². The molecule has 0 aliphatic rings. The molecular formula is C18H31N. The SMILES string of the molecule is CCCNCC(CC)(CC)Cc1ccc(CC)cc1. The minimum atomic E-state index is 0.420. The van der Waals surface area contributed by atoms with E-state index in [2.05, 4.69) is 57.3 Å². The van der Waals surface area contributed by atoms with Crippen LogP contribution in [0.25, 0.3) is 0 Å². The molecule has 1 aromatic rings. The third kappa shape index (κ3) is 4.99. The van der Waals surface area contributed by atoms with Gasteiger partial charge in [-0.15, -0.1) is 0 Å². The van der Waals surface area contributed by atoms with Crippen LogP contribution in [0.3, 0.4) is 0 Å². The highest BCUT2D eigenvalue weighted by atomic mass is 14.9. The molecule has 1 aromatic carbocycles. The quantitative estimate of drug-likeness (QED) is 0.641. The fraction of sp³-hybridized carbons (Fsp3) is 0.667. The van der Waals surface area contributed by atoms with E-state index in [-0.39, 0.29) is 0 Å². The second-order valence-electron chi connectivity index (χ2n) is 5.73. The first kappa shape index (κ1) is 16.2. The van der Waals surface area contributed by atoms with Gasteiger partial charge in [0.2, 0.25) is 0 Å². The summed E-state index contributed by atoms with van der Waals surface area (Å²) >= 11 is 0. The summed E-state index contributed by atoms with van der Waals surface area (Å²) in [6.07, 6.45) is 6.03. The van der Waals surface area contributed by atoms with E-state index in [1.54, 1.807) is 0 Å². The van der Waals surface area contributed by atoms with Crippen molar-refractivity contribution < 1.29 is 0 Å². The third-order valence-electron chi connectivity index (χ3n) is 4.44. The third-order valence-corrected chi connectivity index (χ3v) is 4.44. The maximum Gasteiger partial charge on any atom is 0.00108 e. The number of aryl methyl sites for hydroxylation is 1. The monoisotopic (exact) mass is 261 g/mol. The molecule has 0 saturated heterocycles. The average molecular weight is 261 g/mol. The Hall–Kier alpha value is -0.820. The Labute approximate surface area is 119 Å². The first-order valence-electron chi connectivity index (χ1n) is 7.98. The molecule has 0 heterocycles. The van der Waals surface area contributed by atoms with Gasteiger partial charge < -0.3 is 5.32 Å². The minimum absolute atomic E-state index is 0.420. The molecule has 1 heteroatoms. The zero-order valence-corrected chi connectivity index (χ0v) is 13.3. The van der Waals surface area contributed by atoms with Gasteiger partial charge in [0, 0.05) is 6.54 Å². The van der Waals surface area contributed by atoms with E-state index >= 15 is 0 Å². The summed E-state index contributed by atoms with van der Waals surface area (Å²) in [6.45, 7) is 11.4. The van der Waals surface area contributed by atoms with Gasteiger partial charge in [0.1, 0.15) is 0 Å². The van der Waals surface area contributed by atoms with Crippen LogP contribution in [0.5, 0.6) is 0 Å². The Morgan fingerprint density at radius 2 is 1.47 bits per heavy atom. The number of hydrogen-bond donors (Lipinski definition) is 1. The topological polar surface area (TPSA) is 12.0 Å². The predicted molar refractivity (Wildman–Crippen MR) is 85.7 cm³/mol. The summed E-state index contributed by atoms with van der Waals surface area (Å²) in [5.41, 5.74) is 3.34. The maximum absolute atomic E-state index is 3.62. The van der Waals surface area contributed by atoms with Gasteiger partial charge in [-0.25, -0.2) is 0 Å². The van der Waals surface area contributed by atoms with E-state index in [0.717, 1.165) is 19.5 Å². The zero-order valence-electron chi connectivity index (χ0n) is 13.3. The summed E-state index contributed by atoms with van der Waals surface area (Å²) in [6, 6.07) is 9.20. The molecule has 0 amide bonds. The highest BCUT2D eigenvalue weighted by Crippen LogP contribution is 2.30. The Kier molecular flexibility index (Phi) is 7.15. The lowest BCUT2D eigenvalue weighted by molar-refractivity contribution is 0.247. The van der Waals surface area contributed by atoms with Crippen LogP contribution in [0.15, 0.2) is 24.3 Å². The molecule has 19 heavy (non-hydrogen) atoms. The lowest BCUT2D eigenvalue weighted by Gasteiger charge is -2.32. The van der Waals surface area contributed by atoms with Gasteiger partial charge in [0.05, 0.1) is 0 Å². The Balaban J connectivity index is 2.69. The standard InChI is InChI=1S/C18H31N/c1-5-13-19-15-18(7-3,8-4)14-17-11-9-16(6-2)10-12-17/h9-12,19H,5-8,13-15H2,1-4H3. The average Bonchev–Trinajstić information content (AvgIpc) is 2.47. The summed E-state index contributed by atoms with van der Waals surface area (Å²) in [5, 5.41) is 3.62. The van der Waals surface area contributed by atoms with Crippen LogP contribution in [-0.2, 0) is 12.8 Å². The second-order valence-corrected chi connectivity index (χ2v) is 5.73. The molecular weight excluding hydrogens is 230 g/mol. The molecule has 1 rings (SSSR count). The number of hydrogen-bond acceptors (Lipinski definition) is 1. The van der Waals surface area contributed by atoms with Gasteiger partial charge >= 0.3 is 0 Å². The smallest absolute Gasteiger partial charge is 0.00108 e. The van der Waals surface area contributed by atoms with Crippen LogP contribution in [0.4, 0.5) is 0 Å². The molecule has 1 nitrogen and oxygen atoms in total. The maximum atomic E-state index is 3.62. The lowest BCUT2D eigenvalue weighted by Crippen LogP contribution is -2.35.